The highest BCUT2D eigenvalue weighted by Crippen LogP contribution is 2.39. The molecule has 0 atom stereocenters. The molecule has 1 aliphatic heterocycles. The van der Waals surface area contributed by atoms with Crippen molar-refractivity contribution < 1.29 is 14.6 Å². The van der Waals surface area contributed by atoms with Gasteiger partial charge in [0.1, 0.15) is 5.82 Å². The monoisotopic (exact) mass is 1080 g/mol. The third-order valence-electron chi connectivity index (χ3n) is 14.7. The summed E-state index contributed by atoms with van der Waals surface area (Å²) in [5.41, 5.74) is 19.5. The Balaban J connectivity index is 0.000000144. The number of unbranched alkanes of at least 4 members (excludes halogenated alkanes) is 1. The van der Waals surface area contributed by atoms with Gasteiger partial charge in [0.25, 0.3) is 0 Å². The molecule has 0 spiro atoms. The molecule has 4 heterocycles. The number of ether oxygens (including phenoxy) is 1. The van der Waals surface area contributed by atoms with Gasteiger partial charge in [-0.15, -0.1) is 10.2 Å². The number of benzene rings is 5. The normalized spacial score (nSPS) is 13.6. The lowest BCUT2D eigenvalue weighted by molar-refractivity contribution is 0.104. The number of amides is 1. The molecule has 8 aromatic rings. The van der Waals surface area contributed by atoms with Crippen molar-refractivity contribution >= 4 is 40.4 Å². The Labute approximate surface area is 468 Å². The Kier molecular flexibility index (Phi) is 19.2. The van der Waals surface area contributed by atoms with Crippen molar-refractivity contribution in [2.24, 2.45) is 0 Å². The van der Waals surface area contributed by atoms with Crippen molar-refractivity contribution in [3.63, 3.8) is 0 Å². The van der Waals surface area contributed by atoms with Crippen LogP contribution in [0.1, 0.15) is 108 Å². The van der Waals surface area contributed by atoms with E-state index < -0.39 is 0 Å². The number of nitrogens with one attached hydrogen (secondary N) is 1. The maximum atomic E-state index is 12.0. The first kappa shape index (κ1) is 55.5. The molecule has 2 N–H and O–H groups in total. The van der Waals surface area contributed by atoms with E-state index in [0.717, 1.165) is 110 Å². The summed E-state index contributed by atoms with van der Waals surface area (Å²) >= 11 is 12.5. The summed E-state index contributed by atoms with van der Waals surface area (Å²) in [6, 6.07) is 44.4. The second-order valence-electron chi connectivity index (χ2n) is 20.1. The van der Waals surface area contributed by atoms with Crippen LogP contribution >= 0.6 is 23.2 Å². The van der Waals surface area contributed by atoms with E-state index in [1.54, 1.807) is 4.90 Å². The molecule has 402 valence electrons. The summed E-state index contributed by atoms with van der Waals surface area (Å²) in [5, 5.41) is 25.3. The van der Waals surface area contributed by atoms with E-state index in [1.807, 2.05) is 54.1 Å². The molecule has 14 heteroatoms. The zero-order valence-corrected chi connectivity index (χ0v) is 46.7. The number of likely N-dealkylation sites (tertiary alicyclic amines) is 1. The fourth-order valence-electron chi connectivity index (χ4n) is 10.7. The van der Waals surface area contributed by atoms with Crippen LogP contribution in [0, 0.1) is 0 Å². The van der Waals surface area contributed by atoms with Crippen molar-refractivity contribution in [1.82, 2.24) is 45.0 Å². The van der Waals surface area contributed by atoms with Gasteiger partial charge in [-0.1, -0.05) is 157 Å². The highest BCUT2D eigenvalue weighted by molar-refractivity contribution is 6.30. The summed E-state index contributed by atoms with van der Waals surface area (Å²) in [6.07, 6.45) is 14.0. The second-order valence-corrected chi connectivity index (χ2v) is 20.9. The van der Waals surface area contributed by atoms with Crippen LogP contribution in [0.5, 0.6) is 0 Å². The fraction of sp³-hybridized carbons (Fsp3) is 0.312. The van der Waals surface area contributed by atoms with E-state index >= 15 is 0 Å². The molecule has 3 aliphatic rings. The zero-order valence-electron chi connectivity index (χ0n) is 45.2. The number of carbonyl (C=O) groups is 1. The number of hydrogen-bond acceptors (Lipinski definition) is 9. The van der Waals surface area contributed by atoms with Crippen LogP contribution in [-0.2, 0) is 50.0 Å². The maximum absolute atomic E-state index is 12.0. The van der Waals surface area contributed by atoms with Crippen LogP contribution in [-0.4, -0.2) is 96.5 Å². The molecule has 78 heavy (non-hydrogen) atoms. The maximum Gasteiger partial charge on any atom is 0.409 e. The Morgan fingerprint density at radius 2 is 1.41 bits per heavy atom. The molecule has 5 aromatic carbocycles. The van der Waals surface area contributed by atoms with Gasteiger partial charge in [0, 0.05) is 55.0 Å². The summed E-state index contributed by atoms with van der Waals surface area (Å²) in [6.45, 7) is 7.34. The number of tetrazole rings is 1. The van der Waals surface area contributed by atoms with E-state index in [2.05, 4.69) is 149 Å². The highest BCUT2D eigenvalue weighted by Gasteiger charge is 2.27. The van der Waals surface area contributed by atoms with E-state index in [4.69, 9.17) is 32.9 Å². The van der Waals surface area contributed by atoms with Gasteiger partial charge in [-0.2, -0.15) is 5.21 Å². The molecule has 0 bridgehead atoms. The van der Waals surface area contributed by atoms with Gasteiger partial charge in [-0.3, -0.25) is 4.98 Å². The van der Waals surface area contributed by atoms with Crippen LogP contribution in [0.15, 0.2) is 145 Å². The fourth-order valence-corrected chi connectivity index (χ4v) is 11.2. The number of piperidine rings is 1. The quantitative estimate of drug-likeness (QED) is 0.122. The largest absolute Gasteiger partial charge is 0.450 e. The number of pyridine rings is 1. The van der Waals surface area contributed by atoms with Gasteiger partial charge in [-0.05, 0) is 157 Å². The van der Waals surface area contributed by atoms with Gasteiger partial charge in [0.05, 0.1) is 24.6 Å². The van der Waals surface area contributed by atoms with E-state index in [-0.39, 0.29) is 12.7 Å². The number of imidazole rings is 1. The number of carbonyl (C=O) groups excluding carboxylic acids is 1. The number of aryl methyl sites for hydroxylation is 5. The number of aromatic nitrogens is 7. The third kappa shape index (κ3) is 13.4. The number of nitrogens with zero attached hydrogens (tertiary/aromatic N) is 8. The molecular weight excluding hydrogens is 1010 g/mol. The average molecular weight is 1080 g/mol. The van der Waals surface area contributed by atoms with Crippen molar-refractivity contribution in [1.29, 1.82) is 0 Å². The Bertz CT molecular complexity index is 3310. The first-order chi connectivity index (χ1) is 38.1. The summed E-state index contributed by atoms with van der Waals surface area (Å²) < 4.78 is 7.18. The van der Waals surface area contributed by atoms with Crippen LogP contribution in [0.3, 0.4) is 0 Å². The van der Waals surface area contributed by atoms with Crippen LogP contribution in [0.4, 0.5) is 4.79 Å². The molecule has 0 saturated carbocycles. The minimum Gasteiger partial charge on any atom is -0.450 e. The summed E-state index contributed by atoms with van der Waals surface area (Å²) in [5.74, 6) is 1.48. The minimum absolute atomic E-state index is 0.131. The lowest BCUT2D eigenvalue weighted by atomic mass is 9.88. The van der Waals surface area contributed by atoms with Crippen molar-refractivity contribution in [2.45, 2.75) is 91.2 Å². The number of rotatable bonds is 12. The lowest BCUT2D eigenvalue weighted by Gasteiger charge is -2.29. The standard InChI is InChI=1S/C22H23ClN6O.C22H23ClN2O2.C20H23N/c1-2-3-8-20-24-21(23)19(14-30)29(20)13-15-9-11-16(12-10-15)17-6-4-5-7-18(17)22-25-27-28-26-22;1-2-27-22(26)25-12-9-15(10-13-25)20-19-8-7-18(23)14-17(19)6-5-16-4-3-11-24-21(16)20;1-21(2)15-7-12-20-18-10-5-3-8-16(18)13-14-17-9-4-6-11-19(17)20/h4-7,9-12,30H,2-3,8,13-14H2,1H3,(H,25,26,27,28);3-4,7-8,11,14H,2,5-6,9-10,12-13H2,1H3;3-6,8-12H,7,13-15H2,1-2H3. The van der Waals surface area contributed by atoms with E-state index in [1.165, 1.54) is 55.7 Å². The zero-order chi connectivity index (χ0) is 54.4. The minimum atomic E-state index is -0.215. The second kappa shape index (κ2) is 26.9. The number of aromatic amines is 1. The van der Waals surface area contributed by atoms with Crippen LogP contribution < -0.4 is 0 Å². The molecule has 0 radical (unpaired) electrons. The molecule has 1 fully saturated rings. The van der Waals surface area contributed by atoms with Crippen LogP contribution in [0.25, 0.3) is 33.7 Å². The number of hydrogen-bond donors (Lipinski definition) is 2. The van der Waals surface area contributed by atoms with Crippen molar-refractivity contribution in [3.05, 3.63) is 217 Å². The number of halogens is 2. The molecule has 1 amide bonds. The molecule has 1 saturated heterocycles. The Morgan fingerprint density at radius 3 is 2.06 bits per heavy atom. The molecule has 12 nitrogen and oxygen atoms in total. The number of aliphatic hydroxyl groups excluding tert-OH is 1. The van der Waals surface area contributed by atoms with E-state index in [9.17, 15) is 9.90 Å². The molecule has 3 aromatic heterocycles. The highest BCUT2D eigenvalue weighted by atomic mass is 35.5. The molecule has 11 rings (SSSR count). The topological polar surface area (TPSA) is 138 Å². The van der Waals surface area contributed by atoms with Gasteiger partial charge in [0.2, 0.25) is 5.82 Å². The average Bonchev–Trinajstić information content (AvgIpc) is 4.07. The van der Waals surface area contributed by atoms with Crippen molar-refractivity contribution in [3.8, 4) is 22.5 Å². The van der Waals surface area contributed by atoms with Gasteiger partial charge in [0.15, 0.2) is 5.15 Å². The predicted molar refractivity (Wildman–Crippen MR) is 313 cm³/mol. The summed E-state index contributed by atoms with van der Waals surface area (Å²) in [4.78, 5) is 25.3. The third-order valence-corrected chi connectivity index (χ3v) is 15.2. The SMILES string of the molecule is CCCCc1nc(Cl)c(CO)n1Cc1ccc(-c2ccccc2-c2nn[nH]n2)cc1.CCOC(=O)N1CCC(=C2c3ccc(Cl)cc3CCc3cccnc32)CC1.CN(C)CCC=C1c2ccccc2CCc2ccccc21. The van der Waals surface area contributed by atoms with Gasteiger partial charge in [-0.25, -0.2) is 9.78 Å². The first-order valence-electron chi connectivity index (χ1n) is 27.3. The predicted octanol–water partition coefficient (Wildman–Crippen LogP) is 13.3. The number of fused-ring (bicyclic) bond motifs is 4. The van der Waals surface area contributed by atoms with Crippen LogP contribution in [0.2, 0.25) is 10.2 Å². The molecule has 2 aliphatic carbocycles. The smallest absolute Gasteiger partial charge is 0.409 e. The Hall–Kier alpha value is -7.22. The van der Waals surface area contributed by atoms with E-state index in [0.29, 0.717) is 42.9 Å². The lowest BCUT2D eigenvalue weighted by Crippen LogP contribution is -2.37. The van der Waals surface area contributed by atoms with Crippen molar-refractivity contribution in [2.75, 3.05) is 40.3 Å². The van der Waals surface area contributed by atoms with Gasteiger partial charge < -0.3 is 24.2 Å². The first-order valence-corrected chi connectivity index (χ1v) is 28.0. The summed E-state index contributed by atoms with van der Waals surface area (Å²) in [7, 11) is 4.26. The van der Waals surface area contributed by atoms with Gasteiger partial charge >= 0.3 is 6.09 Å². The molecule has 0 unspecified atom stereocenters. The number of aliphatic hydroxyl groups is 1. The Morgan fingerprint density at radius 1 is 0.756 bits per heavy atom. The molecular formula is C64H69Cl2N9O3. The number of H-pyrrole nitrogens is 1.